The predicted molar refractivity (Wildman–Crippen MR) is 78.8 cm³/mol. The van der Waals surface area contributed by atoms with Gasteiger partial charge in [-0.2, -0.15) is 0 Å². The highest BCUT2D eigenvalue weighted by Crippen LogP contribution is 2.27. The van der Waals surface area contributed by atoms with Crippen LogP contribution in [0, 0.1) is 11.6 Å². The summed E-state index contributed by atoms with van der Waals surface area (Å²) in [6.07, 6.45) is 1.15. The first-order valence-electron chi connectivity index (χ1n) is 6.99. The van der Waals surface area contributed by atoms with E-state index in [1.165, 1.54) is 6.07 Å². The summed E-state index contributed by atoms with van der Waals surface area (Å²) in [4.78, 5) is 0. The van der Waals surface area contributed by atoms with E-state index < -0.39 is 18.3 Å². The summed E-state index contributed by atoms with van der Waals surface area (Å²) < 4.78 is 40.2. The molecule has 112 valence electrons. The topological polar surface area (TPSA) is 26.0 Å². The molecule has 4 heteroatoms. The third-order valence-electron chi connectivity index (χ3n) is 3.44. The monoisotopic (exact) mass is 293 g/mol. The van der Waals surface area contributed by atoms with Crippen LogP contribution in [0.1, 0.15) is 17.5 Å². The molecule has 0 heterocycles. The highest BCUT2D eigenvalue weighted by atomic mass is 19.2. The Bertz CT molecular complexity index is 594. The van der Waals surface area contributed by atoms with Gasteiger partial charge in [0.2, 0.25) is 0 Å². The predicted octanol–water partition coefficient (Wildman–Crippen LogP) is 4.04. The van der Waals surface area contributed by atoms with Crippen molar-refractivity contribution in [3.63, 3.8) is 0 Å². The van der Waals surface area contributed by atoms with Gasteiger partial charge >= 0.3 is 0 Å². The quantitative estimate of drug-likeness (QED) is 0.855. The van der Waals surface area contributed by atoms with Gasteiger partial charge in [0, 0.05) is 5.56 Å². The van der Waals surface area contributed by atoms with Crippen LogP contribution >= 0.6 is 0 Å². The summed E-state index contributed by atoms with van der Waals surface area (Å²) in [7, 11) is 0. The van der Waals surface area contributed by atoms with Gasteiger partial charge in [-0.15, -0.1) is 0 Å². The standard InChI is InChI=1S/C17H18F3N/c18-10-1-2-14-7-8-15(17(20)16(14)19)13-5-3-12(4-6-13)9-11-21/h3-8H,1-2,9-11,21H2. The molecule has 0 bridgehead atoms. The zero-order chi connectivity index (χ0) is 15.2. The van der Waals surface area contributed by atoms with Crippen molar-refractivity contribution in [2.24, 2.45) is 5.73 Å². The number of rotatable bonds is 6. The van der Waals surface area contributed by atoms with Crippen LogP contribution in [-0.4, -0.2) is 13.2 Å². The summed E-state index contributed by atoms with van der Waals surface area (Å²) in [6.45, 7) is 0.0109. The van der Waals surface area contributed by atoms with Crippen LogP contribution in [0.15, 0.2) is 36.4 Å². The van der Waals surface area contributed by atoms with Gasteiger partial charge in [-0.1, -0.05) is 36.4 Å². The highest BCUT2D eigenvalue weighted by molar-refractivity contribution is 5.65. The van der Waals surface area contributed by atoms with E-state index >= 15 is 0 Å². The Morgan fingerprint density at radius 1 is 0.857 bits per heavy atom. The lowest BCUT2D eigenvalue weighted by molar-refractivity contribution is 0.461. The van der Waals surface area contributed by atoms with Crippen molar-refractivity contribution in [1.29, 1.82) is 0 Å². The summed E-state index contributed by atoms with van der Waals surface area (Å²) in [5, 5.41) is 0. The van der Waals surface area contributed by atoms with E-state index in [0.29, 0.717) is 12.1 Å². The van der Waals surface area contributed by atoms with E-state index in [0.717, 1.165) is 12.0 Å². The van der Waals surface area contributed by atoms with Gasteiger partial charge in [0.25, 0.3) is 0 Å². The molecule has 0 radical (unpaired) electrons. The molecule has 0 aromatic heterocycles. The fourth-order valence-corrected chi connectivity index (χ4v) is 2.28. The Balaban J connectivity index is 2.29. The molecule has 2 aromatic carbocycles. The molecular weight excluding hydrogens is 275 g/mol. The normalized spacial score (nSPS) is 10.9. The van der Waals surface area contributed by atoms with Crippen LogP contribution in [0.3, 0.4) is 0 Å². The minimum absolute atomic E-state index is 0.198. The molecule has 2 rings (SSSR count). The number of hydrogen-bond donors (Lipinski definition) is 1. The summed E-state index contributed by atoms with van der Waals surface area (Å²) in [5.74, 6) is -1.76. The average molecular weight is 293 g/mol. The van der Waals surface area contributed by atoms with Crippen molar-refractivity contribution in [2.75, 3.05) is 13.2 Å². The summed E-state index contributed by atoms with van der Waals surface area (Å²) >= 11 is 0. The number of hydrogen-bond acceptors (Lipinski definition) is 1. The Kier molecular flexibility index (Phi) is 5.39. The van der Waals surface area contributed by atoms with Gasteiger partial charge < -0.3 is 5.73 Å². The number of halogens is 3. The summed E-state index contributed by atoms with van der Waals surface area (Å²) in [5.41, 5.74) is 7.58. The van der Waals surface area contributed by atoms with Crippen LogP contribution < -0.4 is 5.73 Å². The molecule has 0 spiro atoms. The van der Waals surface area contributed by atoms with E-state index in [1.807, 2.05) is 12.1 Å². The number of nitrogens with two attached hydrogens (primary N) is 1. The smallest absolute Gasteiger partial charge is 0.166 e. The van der Waals surface area contributed by atoms with Crippen molar-refractivity contribution in [3.05, 3.63) is 59.2 Å². The molecule has 0 saturated heterocycles. The number of alkyl halides is 1. The number of benzene rings is 2. The van der Waals surface area contributed by atoms with Crippen molar-refractivity contribution in [1.82, 2.24) is 0 Å². The van der Waals surface area contributed by atoms with E-state index in [-0.39, 0.29) is 24.0 Å². The maximum Gasteiger partial charge on any atom is 0.166 e. The largest absolute Gasteiger partial charge is 0.330 e. The molecule has 2 aromatic rings. The Morgan fingerprint density at radius 2 is 1.57 bits per heavy atom. The first-order chi connectivity index (χ1) is 10.2. The number of aryl methyl sites for hydroxylation is 1. The third kappa shape index (κ3) is 3.64. The SMILES string of the molecule is NCCc1ccc(-c2ccc(CCCF)c(F)c2F)cc1. The second-order valence-corrected chi connectivity index (χ2v) is 4.93. The minimum Gasteiger partial charge on any atom is -0.330 e. The van der Waals surface area contributed by atoms with Crippen LogP contribution in [0.25, 0.3) is 11.1 Å². The molecular formula is C17H18F3N. The fraction of sp³-hybridized carbons (Fsp3) is 0.294. The molecule has 1 nitrogen and oxygen atoms in total. The summed E-state index contributed by atoms with van der Waals surface area (Å²) in [6, 6.07) is 10.3. The molecule has 0 fully saturated rings. The second-order valence-electron chi connectivity index (χ2n) is 4.93. The zero-order valence-electron chi connectivity index (χ0n) is 11.7. The molecule has 0 saturated carbocycles. The van der Waals surface area contributed by atoms with Crippen LogP contribution in [0.5, 0.6) is 0 Å². The fourth-order valence-electron chi connectivity index (χ4n) is 2.28. The molecule has 0 aliphatic heterocycles. The lowest BCUT2D eigenvalue weighted by atomic mass is 9.99. The maximum absolute atomic E-state index is 14.1. The van der Waals surface area contributed by atoms with Crippen molar-refractivity contribution in [3.8, 4) is 11.1 Å². The van der Waals surface area contributed by atoms with Crippen molar-refractivity contribution < 1.29 is 13.2 Å². The first-order valence-corrected chi connectivity index (χ1v) is 6.99. The van der Waals surface area contributed by atoms with E-state index in [1.54, 1.807) is 18.2 Å². The van der Waals surface area contributed by atoms with Gasteiger partial charge in [-0.3, -0.25) is 4.39 Å². The maximum atomic E-state index is 14.1. The van der Waals surface area contributed by atoms with Gasteiger partial charge in [0.05, 0.1) is 6.67 Å². The molecule has 0 atom stereocenters. The van der Waals surface area contributed by atoms with Gasteiger partial charge in [0.1, 0.15) is 0 Å². The van der Waals surface area contributed by atoms with Gasteiger partial charge in [-0.05, 0) is 42.5 Å². The molecule has 0 unspecified atom stereocenters. The van der Waals surface area contributed by atoms with Crippen molar-refractivity contribution >= 4 is 0 Å². The first kappa shape index (κ1) is 15.6. The van der Waals surface area contributed by atoms with Crippen molar-refractivity contribution in [2.45, 2.75) is 19.3 Å². The minimum atomic E-state index is -0.882. The molecule has 0 aliphatic carbocycles. The van der Waals surface area contributed by atoms with E-state index in [4.69, 9.17) is 5.73 Å². The average Bonchev–Trinajstić information content (AvgIpc) is 2.50. The third-order valence-corrected chi connectivity index (χ3v) is 3.44. The van der Waals surface area contributed by atoms with Crippen LogP contribution in [0.4, 0.5) is 13.2 Å². The molecule has 2 N–H and O–H groups in total. The molecule has 21 heavy (non-hydrogen) atoms. The lowest BCUT2D eigenvalue weighted by Gasteiger charge is -2.09. The van der Waals surface area contributed by atoms with E-state index in [2.05, 4.69) is 0 Å². The van der Waals surface area contributed by atoms with Gasteiger partial charge in [-0.25, -0.2) is 8.78 Å². The molecule has 0 aliphatic rings. The Labute approximate surface area is 122 Å². The van der Waals surface area contributed by atoms with Crippen LogP contribution in [-0.2, 0) is 12.8 Å². The Hall–Kier alpha value is -1.81. The Morgan fingerprint density at radius 3 is 2.19 bits per heavy atom. The van der Waals surface area contributed by atoms with Crippen LogP contribution in [0.2, 0.25) is 0 Å². The van der Waals surface area contributed by atoms with Gasteiger partial charge in [0.15, 0.2) is 11.6 Å². The highest BCUT2D eigenvalue weighted by Gasteiger charge is 2.14. The lowest BCUT2D eigenvalue weighted by Crippen LogP contribution is -2.02. The zero-order valence-corrected chi connectivity index (χ0v) is 11.7. The second kappa shape index (κ2) is 7.27. The van der Waals surface area contributed by atoms with E-state index in [9.17, 15) is 13.2 Å². The molecule has 0 amide bonds.